The van der Waals surface area contributed by atoms with Crippen LogP contribution < -0.4 is 9.47 Å². The fourth-order valence-electron chi connectivity index (χ4n) is 6.17. The molecule has 0 fully saturated rings. The lowest BCUT2D eigenvalue weighted by atomic mass is 9.91. The van der Waals surface area contributed by atoms with E-state index in [1.54, 1.807) is 0 Å². The molecule has 0 saturated carbocycles. The average Bonchev–Trinajstić information content (AvgIpc) is 2.93. The molecule has 0 amide bonds. The molecule has 0 aromatic heterocycles. The molecule has 0 unspecified atom stereocenters. The molecule has 2 rings (SSSR count). The molecule has 7 heteroatoms. The third-order valence-electron chi connectivity index (χ3n) is 9.11. The predicted molar refractivity (Wildman–Crippen MR) is 179 cm³/mol. The van der Waals surface area contributed by atoms with E-state index in [1.807, 2.05) is 0 Å². The first-order chi connectivity index (χ1) is 20.4. The van der Waals surface area contributed by atoms with Gasteiger partial charge in [-0.3, -0.25) is 4.52 Å². The van der Waals surface area contributed by atoms with Gasteiger partial charge in [0.05, 0.1) is 13.2 Å². The molecule has 0 aliphatic carbocycles. The Labute approximate surface area is 263 Å². The van der Waals surface area contributed by atoms with Crippen molar-refractivity contribution in [3.8, 4) is 11.5 Å². The van der Waals surface area contributed by atoms with Crippen molar-refractivity contribution >= 4 is 7.82 Å². The van der Waals surface area contributed by atoms with Crippen LogP contribution in [0.25, 0.3) is 0 Å². The number of allylic oxidation sites excluding steroid dienone is 2. The Morgan fingerprint density at radius 1 is 0.744 bits per heavy atom. The molecular weight excluding hydrogens is 559 g/mol. The largest absolute Gasteiger partial charge is 0.493 e. The maximum Gasteiger partial charge on any atom is 0.469 e. The first-order valence-corrected chi connectivity index (χ1v) is 18.7. The molecule has 0 bridgehead atoms. The summed E-state index contributed by atoms with van der Waals surface area (Å²) in [6.45, 7) is 16.8. The van der Waals surface area contributed by atoms with Crippen molar-refractivity contribution in [1.29, 1.82) is 0 Å². The quantitative estimate of drug-likeness (QED) is 0.0933. The van der Waals surface area contributed by atoms with Crippen molar-refractivity contribution in [2.45, 2.75) is 151 Å². The topological polar surface area (TPSA) is 85.2 Å². The van der Waals surface area contributed by atoms with E-state index in [2.05, 4.69) is 59.1 Å². The Bertz CT molecular complexity index is 1030. The van der Waals surface area contributed by atoms with Crippen LogP contribution in [0.15, 0.2) is 11.8 Å². The second-order valence-corrected chi connectivity index (χ2v) is 14.9. The highest BCUT2D eigenvalue weighted by atomic mass is 31.2. The molecule has 2 atom stereocenters. The minimum Gasteiger partial charge on any atom is -0.493 e. The lowest BCUT2D eigenvalue weighted by Gasteiger charge is -2.26. The highest BCUT2D eigenvalue weighted by Crippen LogP contribution is 2.41. The standard InChI is InChI=1S/C36H63O6P/c1-27(2)17-14-18-28(3)19-15-20-29(4)21-16-22-33-23-24-34-32(7)35(30(5)31(6)36(34)42-33)40-25-12-10-8-9-11-13-26-41-43(37,38)39/h23,27-29H,8-22,24-26H2,1-7H3,(H2,37,38,39)/t28-,29-/m0/s1. The molecule has 1 aromatic carbocycles. The van der Waals surface area contributed by atoms with Gasteiger partial charge in [0.25, 0.3) is 0 Å². The van der Waals surface area contributed by atoms with Gasteiger partial charge in [0.2, 0.25) is 0 Å². The normalized spacial score (nSPS) is 14.8. The van der Waals surface area contributed by atoms with Crippen LogP contribution in [0.5, 0.6) is 11.5 Å². The van der Waals surface area contributed by atoms with Gasteiger partial charge in [-0.15, -0.1) is 0 Å². The number of phosphoric acid groups is 1. The second-order valence-electron chi connectivity index (χ2n) is 13.6. The molecule has 1 heterocycles. The van der Waals surface area contributed by atoms with Crippen LogP contribution in [0, 0.1) is 38.5 Å². The summed E-state index contributed by atoms with van der Waals surface area (Å²) in [4.78, 5) is 17.4. The molecule has 1 aliphatic rings. The van der Waals surface area contributed by atoms with Gasteiger partial charge in [0, 0.05) is 12.0 Å². The first kappa shape index (κ1) is 37.9. The molecule has 0 radical (unpaired) electrons. The summed E-state index contributed by atoms with van der Waals surface area (Å²) in [6, 6.07) is 0. The van der Waals surface area contributed by atoms with Gasteiger partial charge in [-0.1, -0.05) is 98.3 Å². The number of fused-ring (bicyclic) bond motifs is 1. The highest BCUT2D eigenvalue weighted by Gasteiger charge is 2.23. The Morgan fingerprint density at radius 2 is 1.30 bits per heavy atom. The number of ether oxygens (including phenoxy) is 2. The molecule has 0 saturated heterocycles. The van der Waals surface area contributed by atoms with Crippen molar-refractivity contribution < 1.29 is 28.3 Å². The van der Waals surface area contributed by atoms with Gasteiger partial charge in [0.1, 0.15) is 17.3 Å². The van der Waals surface area contributed by atoms with Gasteiger partial charge in [-0.25, -0.2) is 4.57 Å². The van der Waals surface area contributed by atoms with Crippen molar-refractivity contribution in [3.05, 3.63) is 34.1 Å². The van der Waals surface area contributed by atoms with Crippen LogP contribution in [0.4, 0.5) is 0 Å². The number of hydrogen-bond acceptors (Lipinski definition) is 4. The average molecular weight is 623 g/mol. The molecular formula is C36H63O6P. The summed E-state index contributed by atoms with van der Waals surface area (Å²) in [7, 11) is -4.33. The Hall–Kier alpha value is -1.33. The van der Waals surface area contributed by atoms with Crippen LogP contribution in [-0.4, -0.2) is 23.0 Å². The molecule has 1 aliphatic heterocycles. The zero-order valence-corrected chi connectivity index (χ0v) is 29.4. The molecule has 2 N–H and O–H groups in total. The zero-order valence-electron chi connectivity index (χ0n) is 28.5. The zero-order chi connectivity index (χ0) is 31.8. The summed E-state index contributed by atoms with van der Waals surface area (Å²) < 4.78 is 28.0. The second kappa shape index (κ2) is 19.9. The summed E-state index contributed by atoms with van der Waals surface area (Å²) in [5.74, 6) is 5.65. The van der Waals surface area contributed by atoms with Gasteiger partial charge >= 0.3 is 7.82 Å². The van der Waals surface area contributed by atoms with E-state index in [0.29, 0.717) is 13.0 Å². The van der Waals surface area contributed by atoms with E-state index in [9.17, 15) is 4.57 Å². The molecule has 6 nitrogen and oxygen atoms in total. The van der Waals surface area contributed by atoms with E-state index < -0.39 is 7.82 Å². The van der Waals surface area contributed by atoms with Gasteiger partial charge in [0.15, 0.2) is 0 Å². The van der Waals surface area contributed by atoms with Gasteiger partial charge in [-0.2, -0.15) is 0 Å². The smallest absolute Gasteiger partial charge is 0.469 e. The lowest BCUT2D eigenvalue weighted by molar-refractivity contribution is 0.193. The van der Waals surface area contributed by atoms with E-state index in [-0.39, 0.29) is 6.61 Å². The van der Waals surface area contributed by atoms with Crippen LogP contribution in [0.1, 0.15) is 146 Å². The Kier molecular flexibility index (Phi) is 17.5. The number of unbranched alkanes of at least 4 members (excludes halogenated alkanes) is 5. The highest BCUT2D eigenvalue weighted by molar-refractivity contribution is 7.46. The number of hydrogen-bond donors (Lipinski definition) is 2. The first-order valence-electron chi connectivity index (χ1n) is 17.2. The maximum absolute atomic E-state index is 10.7. The fourth-order valence-corrected chi connectivity index (χ4v) is 6.54. The van der Waals surface area contributed by atoms with E-state index in [0.717, 1.165) is 80.0 Å². The Morgan fingerprint density at radius 3 is 1.91 bits per heavy atom. The van der Waals surface area contributed by atoms with E-state index in [4.69, 9.17) is 19.3 Å². The predicted octanol–water partition coefficient (Wildman–Crippen LogP) is 10.7. The SMILES string of the molecule is Cc1c(C)c2c(c(C)c1OCCCCCCCCOP(=O)(O)O)CC=C(CCC[C@@H](C)CCC[C@@H](C)CCCC(C)C)O2. The Balaban J connectivity index is 1.69. The van der Waals surface area contributed by atoms with E-state index >= 15 is 0 Å². The summed E-state index contributed by atoms with van der Waals surface area (Å²) in [6.07, 6.45) is 20.6. The minimum absolute atomic E-state index is 0.113. The van der Waals surface area contributed by atoms with Gasteiger partial charge < -0.3 is 19.3 Å². The summed E-state index contributed by atoms with van der Waals surface area (Å²) in [5.41, 5.74) is 4.82. The number of benzene rings is 1. The summed E-state index contributed by atoms with van der Waals surface area (Å²) in [5, 5.41) is 0. The van der Waals surface area contributed by atoms with Crippen molar-refractivity contribution in [2.75, 3.05) is 13.2 Å². The minimum atomic E-state index is -4.33. The van der Waals surface area contributed by atoms with Crippen LogP contribution in [-0.2, 0) is 15.5 Å². The van der Waals surface area contributed by atoms with Crippen LogP contribution in [0.2, 0.25) is 0 Å². The van der Waals surface area contributed by atoms with E-state index in [1.165, 1.54) is 73.6 Å². The van der Waals surface area contributed by atoms with Crippen LogP contribution in [0.3, 0.4) is 0 Å². The third-order valence-corrected chi connectivity index (χ3v) is 9.63. The number of rotatable bonds is 23. The third kappa shape index (κ3) is 15.0. The molecule has 0 spiro atoms. The monoisotopic (exact) mass is 622 g/mol. The van der Waals surface area contributed by atoms with Crippen LogP contribution >= 0.6 is 7.82 Å². The summed E-state index contributed by atoms with van der Waals surface area (Å²) >= 11 is 0. The van der Waals surface area contributed by atoms with Crippen molar-refractivity contribution in [2.24, 2.45) is 17.8 Å². The van der Waals surface area contributed by atoms with Crippen molar-refractivity contribution in [1.82, 2.24) is 0 Å². The maximum atomic E-state index is 10.7. The molecule has 43 heavy (non-hydrogen) atoms. The van der Waals surface area contributed by atoms with Gasteiger partial charge in [-0.05, 0) is 87.0 Å². The number of phosphoric ester groups is 1. The molecule has 248 valence electrons. The fraction of sp³-hybridized carbons (Fsp3) is 0.778. The lowest BCUT2D eigenvalue weighted by Crippen LogP contribution is -2.12. The van der Waals surface area contributed by atoms with Crippen molar-refractivity contribution in [3.63, 3.8) is 0 Å². The molecule has 1 aromatic rings.